The number of benzene rings is 1. The van der Waals surface area contributed by atoms with Crippen LogP contribution in [0.15, 0.2) is 29.3 Å². The molecule has 4 atom stereocenters. The summed E-state index contributed by atoms with van der Waals surface area (Å²) < 4.78 is 0. The van der Waals surface area contributed by atoms with E-state index in [4.69, 9.17) is 0 Å². The van der Waals surface area contributed by atoms with Crippen molar-refractivity contribution in [2.24, 2.45) is 22.2 Å². The maximum atomic E-state index is 11.7. The number of halogens is 1. The van der Waals surface area contributed by atoms with Crippen LogP contribution in [0.5, 0.6) is 0 Å². The molecule has 2 heterocycles. The highest BCUT2D eigenvalue weighted by atomic mass is 127. The number of hydrogen-bond acceptors (Lipinski definition) is 2. The first-order chi connectivity index (χ1) is 12.7. The minimum Gasteiger partial charge on any atom is -0.356 e. The molecular weight excluding hydrogens is 451 g/mol. The van der Waals surface area contributed by atoms with Crippen LogP contribution in [-0.4, -0.2) is 50.0 Å². The topological polar surface area (TPSA) is 56.7 Å². The summed E-state index contributed by atoms with van der Waals surface area (Å²) in [5.74, 6) is 3.54. The molecule has 1 amide bonds. The van der Waals surface area contributed by atoms with E-state index in [1.807, 2.05) is 7.05 Å². The molecule has 27 heavy (non-hydrogen) atoms. The van der Waals surface area contributed by atoms with Gasteiger partial charge in [-0.05, 0) is 48.1 Å². The number of hydrogen-bond donors (Lipinski definition) is 2. The van der Waals surface area contributed by atoms with Crippen LogP contribution in [0.4, 0.5) is 0 Å². The molecule has 1 saturated carbocycles. The standard InChI is InChI=1S/C21H28N4O.HI/c1-22-20(25-8-4-7-21(13-25)10-18(26)24-12-21)23-11-17-16-9-14-5-2-3-6-15(14)19(16)17;/h2-3,5-6,16-17,19H,4,7-13H2,1H3,(H,22,23)(H,24,26);1H. The number of rotatable bonds is 2. The maximum absolute atomic E-state index is 11.7. The molecule has 5 rings (SSSR count). The van der Waals surface area contributed by atoms with Crippen molar-refractivity contribution in [3.8, 4) is 0 Å². The van der Waals surface area contributed by atoms with Gasteiger partial charge < -0.3 is 15.5 Å². The predicted octanol–water partition coefficient (Wildman–Crippen LogP) is 2.37. The molecule has 6 heteroatoms. The highest BCUT2D eigenvalue weighted by molar-refractivity contribution is 14.0. The Morgan fingerprint density at radius 3 is 3.04 bits per heavy atom. The van der Waals surface area contributed by atoms with E-state index < -0.39 is 0 Å². The van der Waals surface area contributed by atoms with Gasteiger partial charge in [0.15, 0.2) is 5.96 Å². The number of likely N-dealkylation sites (tertiary alicyclic amines) is 1. The number of nitrogens with one attached hydrogen (secondary N) is 2. The fraction of sp³-hybridized carbons (Fsp3) is 0.619. The van der Waals surface area contributed by atoms with Crippen molar-refractivity contribution in [2.45, 2.75) is 31.6 Å². The molecule has 1 spiro atoms. The highest BCUT2D eigenvalue weighted by Gasteiger charge is 2.55. The molecule has 4 unspecified atom stereocenters. The quantitative estimate of drug-likeness (QED) is 0.389. The molecule has 5 nitrogen and oxygen atoms in total. The SMILES string of the molecule is CN=C(NCC1C2Cc3ccccc3C12)N1CCCC2(CNC(=O)C2)C1.I. The van der Waals surface area contributed by atoms with E-state index in [0.717, 1.165) is 62.7 Å². The zero-order chi connectivity index (χ0) is 17.7. The maximum Gasteiger partial charge on any atom is 0.220 e. The summed E-state index contributed by atoms with van der Waals surface area (Å²) in [6, 6.07) is 8.93. The third-order valence-electron chi connectivity index (χ3n) is 7.07. The number of amides is 1. The van der Waals surface area contributed by atoms with Gasteiger partial charge in [0.1, 0.15) is 0 Å². The van der Waals surface area contributed by atoms with Gasteiger partial charge in [0.2, 0.25) is 5.91 Å². The molecule has 0 bridgehead atoms. The van der Waals surface area contributed by atoms with E-state index >= 15 is 0 Å². The molecule has 146 valence electrons. The van der Waals surface area contributed by atoms with Crippen molar-refractivity contribution >= 4 is 35.8 Å². The van der Waals surface area contributed by atoms with Crippen LogP contribution >= 0.6 is 24.0 Å². The van der Waals surface area contributed by atoms with Crippen molar-refractivity contribution in [1.29, 1.82) is 0 Å². The number of carbonyl (C=O) groups excluding carboxylic acids is 1. The highest BCUT2D eigenvalue weighted by Crippen LogP contribution is 2.60. The second-order valence-electron chi connectivity index (χ2n) is 8.66. The average molecular weight is 480 g/mol. The number of aliphatic imine (C=N–C) groups is 1. The second-order valence-corrected chi connectivity index (χ2v) is 8.66. The van der Waals surface area contributed by atoms with E-state index in [-0.39, 0.29) is 35.3 Å². The van der Waals surface area contributed by atoms with Gasteiger partial charge in [0.25, 0.3) is 0 Å². The van der Waals surface area contributed by atoms with E-state index in [9.17, 15) is 4.79 Å². The zero-order valence-corrected chi connectivity index (χ0v) is 18.2. The summed E-state index contributed by atoms with van der Waals surface area (Å²) in [5, 5.41) is 6.68. The number of nitrogens with zero attached hydrogens (tertiary/aromatic N) is 2. The molecule has 1 aromatic carbocycles. The summed E-state index contributed by atoms with van der Waals surface area (Å²) in [5.41, 5.74) is 3.24. The lowest BCUT2D eigenvalue weighted by atomic mass is 9.79. The first-order valence-electron chi connectivity index (χ1n) is 9.99. The molecule has 3 fully saturated rings. The Morgan fingerprint density at radius 2 is 2.26 bits per heavy atom. The van der Waals surface area contributed by atoms with Gasteiger partial charge in [-0.25, -0.2) is 0 Å². The van der Waals surface area contributed by atoms with Crippen molar-refractivity contribution < 1.29 is 4.79 Å². The fourth-order valence-corrected chi connectivity index (χ4v) is 5.73. The minimum absolute atomic E-state index is 0. The van der Waals surface area contributed by atoms with E-state index in [1.54, 1.807) is 11.1 Å². The summed E-state index contributed by atoms with van der Waals surface area (Å²) in [7, 11) is 1.88. The molecule has 0 radical (unpaired) electrons. The molecule has 2 saturated heterocycles. The van der Waals surface area contributed by atoms with E-state index in [1.165, 1.54) is 6.42 Å². The third-order valence-corrected chi connectivity index (χ3v) is 7.07. The van der Waals surface area contributed by atoms with Crippen LogP contribution in [-0.2, 0) is 11.2 Å². The minimum atomic E-state index is 0. The Hall–Kier alpha value is -1.31. The van der Waals surface area contributed by atoms with Gasteiger partial charge in [-0.2, -0.15) is 0 Å². The molecular formula is C21H29IN4O. The summed E-state index contributed by atoms with van der Waals surface area (Å²) in [4.78, 5) is 18.6. The number of fused-ring (bicyclic) bond motifs is 3. The van der Waals surface area contributed by atoms with Crippen LogP contribution < -0.4 is 10.6 Å². The Labute approximate surface area is 178 Å². The van der Waals surface area contributed by atoms with Crippen molar-refractivity contribution in [1.82, 2.24) is 15.5 Å². The van der Waals surface area contributed by atoms with Gasteiger partial charge in [-0.3, -0.25) is 9.79 Å². The lowest BCUT2D eigenvalue weighted by Crippen LogP contribution is -2.51. The van der Waals surface area contributed by atoms with E-state index in [0.29, 0.717) is 6.42 Å². The lowest BCUT2D eigenvalue weighted by Gasteiger charge is -2.40. The van der Waals surface area contributed by atoms with Gasteiger partial charge >= 0.3 is 0 Å². The number of piperidine rings is 1. The largest absolute Gasteiger partial charge is 0.356 e. The van der Waals surface area contributed by atoms with Crippen LogP contribution in [0.25, 0.3) is 0 Å². The molecule has 2 aliphatic heterocycles. The zero-order valence-electron chi connectivity index (χ0n) is 15.9. The molecule has 2 aliphatic carbocycles. The number of carbonyl (C=O) groups is 1. The molecule has 1 aromatic rings. The van der Waals surface area contributed by atoms with Crippen LogP contribution in [0.2, 0.25) is 0 Å². The molecule has 2 N–H and O–H groups in total. The Kier molecular flexibility index (Phi) is 5.12. The third kappa shape index (κ3) is 3.34. The lowest BCUT2D eigenvalue weighted by molar-refractivity contribution is -0.119. The van der Waals surface area contributed by atoms with E-state index in [2.05, 4.69) is 44.8 Å². The average Bonchev–Trinajstić information content (AvgIpc) is 2.99. The van der Waals surface area contributed by atoms with Crippen LogP contribution in [0.1, 0.15) is 36.3 Å². The monoisotopic (exact) mass is 480 g/mol. The fourth-order valence-electron chi connectivity index (χ4n) is 5.73. The number of guanidine groups is 1. The van der Waals surface area contributed by atoms with Crippen molar-refractivity contribution in [3.63, 3.8) is 0 Å². The molecule has 0 aromatic heterocycles. The Morgan fingerprint density at radius 1 is 1.41 bits per heavy atom. The smallest absolute Gasteiger partial charge is 0.220 e. The Balaban J connectivity index is 0.00000180. The summed E-state index contributed by atoms with van der Waals surface area (Å²) in [6.07, 6.45) is 4.19. The van der Waals surface area contributed by atoms with Gasteiger partial charge in [0.05, 0.1) is 0 Å². The second kappa shape index (κ2) is 7.26. The Bertz CT molecular complexity index is 766. The van der Waals surface area contributed by atoms with Crippen LogP contribution in [0, 0.1) is 17.3 Å². The van der Waals surface area contributed by atoms with Crippen molar-refractivity contribution in [3.05, 3.63) is 35.4 Å². The first-order valence-corrected chi connectivity index (χ1v) is 9.99. The molecule has 4 aliphatic rings. The summed E-state index contributed by atoms with van der Waals surface area (Å²) >= 11 is 0. The van der Waals surface area contributed by atoms with Gasteiger partial charge in [-0.15, -0.1) is 24.0 Å². The summed E-state index contributed by atoms with van der Waals surface area (Å²) in [6.45, 7) is 3.81. The predicted molar refractivity (Wildman–Crippen MR) is 118 cm³/mol. The first kappa shape index (κ1) is 19.0. The van der Waals surface area contributed by atoms with Gasteiger partial charge in [0, 0.05) is 45.1 Å². The van der Waals surface area contributed by atoms with Crippen LogP contribution in [0.3, 0.4) is 0 Å². The van der Waals surface area contributed by atoms with Crippen molar-refractivity contribution in [2.75, 3.05) is 33.2 Å². The normalized spacial score (nSPS) is 34.0. The van der Waals surface area contributed by atoms with Gasteiger partial charge in [-0.1, -0.05) is 24.3 Å².